The molecule has 156 valence electrons. The van der Waals surface area contributed by atoms with Crippen molar-refractivity contribution in [3.8, 4) is 11.5 Å². The molecule has 7 nitrogen and oxygen atoms in total. The first kappa shape index (κ1) is 20.5. The van der Waals surface area contributed by atoms with E-state index >= 15 is 0 Å². The molecule has 0 saturated heterocycles. The van der Waals surface area contributed by atoms with Crippen LogP contribution in [0.15, 0.2) is 24.3 Å². The fraction of sp³-hybridized carbons (Fsp3) is 0.300. The molecule has 0 aliphatic carbocycles. The topological polar surface area (TPSA) is 88.1 Å². The summed E-state index contributed by atoms with van der Waals surface area (Å²) in [5.41, 5.74) is 0.989. The van der Waals surface area contributed by atoms with Crippen LogP contribution in [0.5, 0.6) is 11.5 Å². The molecular formula is C20H16F2O7P+. The number of rotatable bonds is 8. The van der Waals surface area contributed by atoms with Gasteiger partial charge < -0.3 is 9.47 Å². The Morgan fingerprint density at radius 2 is 1.27 bits per heavy atom. The second-order valence-electron chi connectivity index (χ2n) is 6.69. The molecule has 0 fully saturated rings. The number of Topliss-reactive ketones (excluding diaryl/α,β-unsaturated/α-hetero) is 2. The van der Waals surface area contributed by atoms with Gasteiger partial charge in [-0.05, 0) is 23.3 Å². The molecule has 0 bridgehead atoms. The monoisotopic (exact) mass is 437 g/mol. The molecule has 0 N–H and O–H groups in total. The lowest BCUT2D eigenvalue weighted by Crippen LogP contribution is -2.11. The average Bonchev–Trinajstić information content (AvgIpc) is 3.37. The minimum absolute atomic E-state index is 0.207. The molecule has 0 saturated carbocycles. The Balaban J connectivity index is 1.30. The van der Waals surface area contributed by atoms with Crippen molar-refractivity contribution in [3.05, 3.63) is 58.2 Å². The van der Waals surface area contributed by atoms with Gasteiger partial charge in [-0.25, -0.2) is 8.78 Å². The van der Waals surface area contributed by atoms with Crippen LogP contribution in [0.2, 0.25) is 0 Å². The highest BCUT2D eigenvalue weighted by Gasteiger charge is 2.28. The van der Waals surface area contributed by atoms with Crippen molar-refractivity contribution in [1.29, 1.82) is 0 Å². The van der Waals surface area contributed by atoms with Gasteiger partial charge in [0.05, 0.1) is 24.3 Å². The molecule has 10 heteroatoms. The summed E-state index contributed by atoms with van der Waals surface area (Å²) in [5.74, 6) is -2.22. The van der Waals surface area contributed by atoms with E-state index in [0.717, 1.165) is 12.1 Å². The summed E-state index contributed by atoms with van der Waals surface area (Å²) < 4.78 is 60.0. The van der Waals surface area contributed by atoms with E-state index in [-0.39, 0.29) is 11.1 Å². The minimum Gasteiger partial charge on any atom is -0.493 e. The van der Waals surface area contributed by atoms with Crippen LogP contribution in [-0.4, -0.2) is 38.0 Å². The zero-order valence-electron chi connectivity index (χ0n) is 15.6. The fourth-order valence-electron chi connectivity index (χ4n) is 3.24. The molecule has 2 aliphatic heterocycles. The molecule has 2 heterocycles. The van der Waals surface area contributed by atoms with E-state index in [1.165, 1.54) is 12.1 Å². The first-order chi connectivity index (χ1) is 14.4. The van der Waals surface area contributed by atoms with E-state index in [9.17, 15) is 22.9 Å². The molecular weight excluding hydrogens is 421 g/mol. The molecule has 0 spiro atoms. The first-order valence-electron chi connectivity index (χ1n) is 9.12. The first-order valence-corrected chi connectivity index (χ1v) is 10.2. The maximum Gasteiger partial charge on any atom is 0.698 e. The van der Waals surface area contributed by atoms with E-state index in [2.05, 4.69) is 0 Å². The number of ketones is 2. The molecule has 4 rings (SSSR count). The van der Waals surface area contributed by atoms with Crippen LogP contribution in [0.3, 0.4) is 0 Å². The number of benzene rings is 2. The third-order valence-corrected chi connectivity index (χ3v) is 5.44. The number of carbonyl (C=O) groups excluding carboxylic acids is 2. The summed E-state index contributed by atoms with van der Waals surface area (Å²) in [7, 11) is -2.84. The summed E-state index contributed by atoms with van der Waals surface area (Å²) in [5, 5.41) is 0. The Morgan fingerprint density at radius 3 is 1.70 bits per heavy atom. The van der Waals surface area contributed by atoms with Gasteiger partial charge in [0.25, 0.3) is 0 Å². The largest absolute Gasteiger partial charge is 0.698 e. The predicted octanol–water partition coefficient (Wildman–Crippen LogP) is 3.59. The zero-order chi connectivity index (χ0) is 21.3. The maximum atomic E-state index is 14.0. The van der Waals surface area contributed by atoms with Crippen molar-refractivity contribution in [2.75, 3.05) is 26.4 Å². The lowest BCUT2D eigenvalue weighted by Gasteiger charge is -2.04. The van der Waals surface area contributed by atoms with Gasteiger partial charge in [0.1, 0.15) is 23.1 Å². The molecule has 0 atom stereocenters. The maximum absolute atomic E-state index is 14.0. The Labute approximate surface area is 170 Å². The minimum atomic E-state index is -2.84. The molecule has 2 aromatic carbocycles. The summed E-state index contributed by atoms with van der Waals surface area (Å²) in [6.45, 7) is -0.585. The third-order valence-electron chi connectivity index (χ3n) is 4.76. The van der Waals surface area contributed by atoms with Crippen LogP contribution < -0.4 is 9.47 Å². The number of carbonyl (C=O) groups is 2. The van der Waals surface area contributed by atoms with Gasteiger partial charge in [0.2, 0.25) is 0 Å². The van der Waals surface area contributed by atoms with Crippen LogP contribution in [0.4, 0.5) is 8.78 Å². The summed E-state index contributed by atoms with van der Waals surface area (Å²) >= 11 is 0. The zero-order valence-corrected chi connectivity index (χ0v) is 16.5. The highest BCUT2D eigenvalue weighted by atomic mass is 31.1. The van der Waals surface area contributed by atoms with Crippen molar-refractivity contribution in [2.45, 2.75) is 12.8 Å². The average molecular weight is 437 g/mol. The van der Waals surface area contributed by atoms with Crippen LogP contribution in [0.1, 0.15) is 31.8 Å². The molecule has 0 unspecified atom stereocenters. The second kappa shape index (κ2) is 8.55. The summed E-state index contributed by atoms with van der Waals surface area (Å²) in [6.07, 6.45) is 1.11. The van der Waals surface area contributed by atoms with Gasteiger partial charge in [0.15, 0.2) is 24.8 Å². The Kier molecular flexibility index (Phi) is 5.85. The van der Waals surface area contributed by atoms with E-state index in [1.807, 2.05) is 0 Å². The highest BCUT2D eigenvalue weighted by Crippen LogP contribution is 2.31. The van der Waals surface area contributed by atoms with Crippen molar-refractivity contribution in [2.24, 2.45) is 0 Å². The van der Waals surface area contributed by atoms with Crippen LogP contribution >= 0.6 is 8.25 Å². The highest BCUT2D eigenvalue weighted by molar-refractivity contribution is 7.33. The lowest BCUT2D eigenvalue weighted by atomic mass is 10.1. The molecule has 0 amide bonds. The summed E-state index contributed by atoms with van der Waals surface area (Å²) in [6, 6.07) is 5.00. The molecule has 0 aromatic heterocycles. The van der Waals surface area contributed by atoms with Crippen molar-refractivity contribution in [1.82, 2.24) is 0 Å². The van der Waals surface area contributed by atoms with Crippen LogP contribution in [0, 0.1) is 11.6 Å². The summed E-state index contributed by atoms with van der Waals surface area (Å²) in [4.78, 5) is 24.3. The second-order valence-corrected chi connectivity index (χ2v) is 7.66. The number of halogens is 2. The number of fused-ring (bicyclic) bond motifs is 2. The van der Waals surface area contributed by atoms with Crippen LogP contribution in [0.25, 0.3) is 0 Å². The predicted molar refractivity (Wildman–Crippen MR) is 99.4 cm³/mol. The fourth-order valence-corrected chi connectivity index (χ4v) is 3.76. The molecule has 0 radical (unpaired) electrons. The lowest BCUT2D eigenvalue weighted by molar-refractivity contribution is 0.0873. The Bertz CT molecular complexity index is 972. The van der Waals surface area contributed by atoms with Crippen molar-refractivity contribution in [3.63, 3.8) is 0 Å². The molecule has 2 aliphatic rings. The quantitative estimate of drug-likeness (QED) is 0.461. The Morgan fingerprint density at radius 1 is 0.833 bits per heavy atom. The normalized spacial score (nSPS) is 13.9. The molecule has 30 heavy (non-hydrogen) atoms. The van der Waals surface area contributed by atoms with Crippen LogP contribution in [-0.2, 0) is 26.5 Å². The van der Waals surface area contributed by atoms with Gasteiger partial charge in [-0.15, -0.1) is 9.05 Å². The van der Waals surface area contributed by atoms with Gasteiger partial charge in [-0.2, -0.15) is 0 Å². The smallest absolute Gasteiger partial charge is 0.493 e. The number of hydrogen-bond donors (Lipinski definition) is 0. The van der Waals surface area contributed by atoms with E-state index < -0.39 is 44.7 Å². The van der Waals surface area contributed by atoms with Crippen molar-refractivity contribution < 1.29 is 41.5 Å². The molecule has 2 aromatic rings. The van der Waals surface area contributed by atoms with Gasteiger partial charge >= 0.3 is 8.25 Å². The standard InChI is InChI=1S/C20H16F2O7P/c21-15-7-19-11(1-3-26-19)5-13(15)17(23)9-28-30(25)29-10-18(24)14-6-12-2-4-27-20(12)8-16(14)22/h5-8H,1-4,9-10H2/q+1. The SMILES string of the molecule is O=C(CO[P+](=O)OCC(=O)c1cc2c(cc1F)OCC2)c1cc2c(cc1F)OCC2. The number of hydrogen-bond acceptors (Lipinski definition) is 7. The number of ether oxygens (including phenoxy) is 2. The van der Waals surface area contributed by atoms with Gasteiger partial charge in [0, 0.05) is 29.5 Å². The van der Waals surface area contributed by atoms with Crippen molar-refractivity contribution >= 4 is 19.8 Å². The van der Waals surface area contributed by atoms with Gasteiger partial charge in [-0.3, -0.25) is 9.59 Å². The van der Waals surface area contributed by atoms with E-state index in [4.69, 9.17) is 18.5 Å². The van der Waals surface area contributed by atoms with Gasteiger partial charge in [-0.1, -0.05) is 0 Å². The van der Waals surface area contributed by atoms with E-state index in [1.54, 1.807) is 0 Å². The third kappa shape index (κ3) is 4.23. The van der Waals surface area contributed by atoms with E-state index in [0.29, 0.717) is 48.7 Å². The Hall–Kier alpha value is -2.74.